The molecule has 6 heteroatoms. The third kappa shape index (κ3) is 10.8. The van der Waals surface area contributed by atoms with E-state index in [4.69, 9.17) is 9.47 Å². The number of ether oxygens (including phenoxy) is 2. The summed E-state index contributed by atoms with van der Waals surface area (Å²) in [6.07, 6.45) is 1.10. The van der Waals surface area contributed by atoms with Crippen molar-refractivity contribution in [2.24, 2.45) is 0 Å². The van der Waals surface area contributed by atoms with Gasteiger partial charge < -0.3 is 19.9 Å². The Balaban J connectivity index is 3.58. The summed E-state index contributed by atoms with van der Waals surface area (Å²) in [5.41, 5.74) is 0. The van der Waals surface area contributed by atoms with E-state index in [0.29, 0.717) is 18.9 Å². The molecule has 4 unspecified atom stereocenters. The van der Waals surface area contributed by atoms with Gasteiger partial charge in [-0.15, -0.1) is 0 Å². The summed E-state index contributed by atoms with van der Waals surface area (Å²) in [7, 11) is 0.799. The van der Waals surface area contributed by atoms with Crippen LogP contribution in [0.3, 0.4) is 0 Å². The van der Waals surface area contributed by atoms with Gasteiger partial charge in [0, 0.05) is 42.5 Å². The third-order valence-electron chi connectivity index (χ3n) is 2.16. The minimum Gasteiger partial charge on any atom is -0.389 e. The highest BCUT2D eigenvalue weighted by Crippen LogP contribution is 1.94. The first-order chi connectivity index (χ1) is 7.95. The first kappa shape index (κ1) is 17.0. The first-order valence-electron chi connectivity index (χ1n) is 5.77. The van der Waals surface area contributed by atoms with Crippen LogP contribution in [-0.2, 0) is 20.3 Å². The van der Waals surface area contributed by atoms with Crippen molar-refractivity contribution in [3.05, 3.63) is 0 Å². The number of methoxy groups -OCH3 is 1. The Kier molecular flexibility index (Phi) is 9.96. The van der Waals surface area contributed by atoms with E-state index >= 15 is 0 Å². The molecular weight excluding hydrogens is 242 g/mol. The predicted molar refractivity (Wildman–Crippen MR) is 69.7 cm³/mol. The zero-order valence-electron chi connectivity index (χ0n) is 11.1. The van der Waals surface area contributed by atoms with Crippen molar-refractivity contribution in [2.75, 3.05) is 38.9 Å². The average molecular weight is 267 g/mol. The lowest BCUT2D eigenvalue weighted by molar-refractivity contribution is -0.0313. The van der Waals surface area contributed by atoms with Crippen molar-refractivity contribution in [1.29, 1.82) is 0 Å². The summed E-state index contributed by atoms with van der Waals surface area (Å²) in [5, 5.41) is 12.8. The molecule has 0 saturated heterocycles. The Labute approximate surface area is 106 Å². The van der Waals surface area contributed by atoms with E-state index in [2.05, 4.69) is 5.32 Å². The average Bonchev–Trinajstić information content (AvgIpc) is 2.23. The number of hydrogen-bond acceptors (Lipinski definition) is 5. The molecule has 0 aliphatic carbocycles. The van der Waals surface area contributed by atoms with Crippen LogP contribution in [0.2, 0.25) is 0 Å². The van der Waals surface area contributed by atoms with Gasteiger partial charge in [-0.25, -0.2) is 0 Å². The van der Waals surface area contributed by atoms with Gasteiger partial charge in [-0.05, 0) is 13.8 Å². The van der Waals surface area contributed by atoms with Crippen LogP contribution in [0.1, 0.15) is 13.8 Å². The van der Waals surface area contributed by atoms with Gasteiger partial charge in [0.15, 0.2) is 0 Å². The van der Waals surface area contributed by atoms with Crippen LogP contribution in [0, 0.1) is 0 Å². The van der Waals surface area contributed by atoms with E-state index in [-0.39, 0.29) is 18.8 Å². The molecule has 0 bridgehead atoms. The summed E-state index contributed by atoms with van der Waals surface area (Å²) in [4.78, 5) is 0. The molecule has 0 aromatic carbocycles. The molecule has 0 saturated carbocycles. The van der Waals surface area contributed by atoms with Crippen molar-refractivity contribution in [3.63, 3.8) is 0 Å². The lowest BCUT2D eigenvalue weighted by Gasteiger charge is -2.18. The van der Waals surface area contributed by atoms with Crippen molar-refractivity contribution in [1.82, 2.24) is 5.32 Å². The number of nitrogens with one attached hydrogen (secondary N) is 1. The molecule has 2 N–H and O–H groups in total. The van der Waals surface area contributed by atoms with Crippen molar-refractivity contribution in [2.45, 2.75) is 32.1 Å². The zero-order chi connectivity index (χ0) is 13.3. The summed E-state index contributed by atoms with van der Waals surface area (Å²) < 4.78 is 21.3. The SMILES string of the molecule is COCC(C)OCC(O)CNC(C)CS(C)=O. The van der Waals surface area contributed by atoms with Gasteiger partial charge in [0.05, 0.1) is 25.4 Å². The molecular formula is C11H25NO4S. The fraction of sp³-hybridized carbons (Fsp3) is 1.00. The van der Waals surface area contributed by atoms with Crippen molar-refractivity contribution >= 4 is 10.8 Å². The minimum absolute atomic E-state index is 0.0183. The third-order valence-corrected chi connectivity index (χ3v) is 3.13. The highest BCUT2D eigenvalue weighted by molar-refractivity contribution is 7.84. The minimum atomic E-state index is -0.816. The van der Waals surface area contributed by atoms with Crippen LogP contribution in [-0.4, -0.2) is 66.4 Å². The molecule has 0 rings (SSSR count). The number of hydrogen-bond donors (Lipinski definition) is 2. The van der Waals surface area contributed by atoms with E-state index in [1.165, 1.54) is 0 Å². The second-order valence-corrected chi connectivity index (χ2v) is 5.78. The van der Waals surface area contributed by atoms with E-state index in [1.54, 1.807) is 13.4 Å². The Bertz CT molecular complexity index is 216. The quantitative estimate of drug-likeness (QED) is 0.571. The van der Waals surface area contributed by atoms with E-state index in [0.717, 1.165) is 0 Å². The van der Waals surface area contributed by atoms with Crippen LogP contribution in [0.25, 0.3) is 0 Å². The number of aliphatic hydroxyl groups is 1. The second-order valence-electron chi connectivity index (χ2n) is 4.30. The van der Waals surface area contributed by atoms with Crippen molar-refractivity contribution in [3.8, 4) is 0 Å². The lowest BCUT2D eigenvalue weighted by atomic mass is 10.3. The van der Waals surface area contributed by atoms with E-state index < -0.39 is 16.9 Å². The molecule has 0 aliphatic heterocycles. The molecule has 0 heterocycles. The fourth-order valence-corrected chi connectivity index (χ4v) is 2.19. The monoisotopic (exact) mass is 267 g/mol. The molecule has 104 valence electrons. The Morgan fingerprint density at radius 3 is 2.53 bits per heavy atom. The highest BCUT2D eigenvalue weighted by atomic mass is 32.2. The van der Waals surface area contributed by atoms with E-state index in [9.17, 15) is 9.32 Å². The molecule has 0 aromatic heterocycles. The Hall–Kier alpha value is -0.0100. The summed E-state index contributed by atoms with van der Waals surface area (Å²) >= 11 is 0. The number of rotatable bonds is 10. The first-order valence-corrected chi connectivity index (χ1v) is 7.50. The topological polar surface area (TPSA) is 67.8 Å². The largest absolute Gasteiger partial charge is 0.389 e. The Morgan fingerprint density at radius 2 is 2.00 bits per heavy atom. The van der Waals surface area contributed by atoms with Crippen LogP contribution in [0.5, 0.6) is 0 Å². The smallest absolute Gasteiger partial charge is 0.0897 e. The van der Waals surface area contributed by atoms with Gasteiger partial charge >= 0.3 is 0 Å². The van der Waals surface area contributed by atoms with Crippen LogP contribution >= 0.6 is 0 Å². The summed E-state index contributed by atoms with van der Waals surface area (Å²) in [6, 6.07) is 0.131. The summed E-state index contributed by atoms with van der Waals surface area (Å²) in [6.45, 7) is 5.08. The maximum absolute atomic E-state index is 11.0. The molecule has 0 spiro atoms. The van der Waals surface area contributed by atoms with Crippen LogP contribution in [0.15, 0.2) is 0 Å². The number of aliphatic hydroxyl groups excluding tert-OH is 1. The van der Waals surface area contributed by atoms with Gasteiger partial charge in [-0.1, -0.05) is 0 Å². The maximum Gasteiger partial charge on any atom is 0.0897 e. The van der Waals surface area contributed by atoms with E-state index in [1.807, 2.05) is 13.8 Å². The zero-order valence-corrected chi connectivity index (χ0v) is 12.0. The molecule has 0 aliphatic rings. The normalized spacial score (nSPS) is 18.6. The van der Waals surface area contributed by atoms with Gasteiger partial charge in [0.1, 0.15) is 0 Å². The Morgan fingerprint density at radius 1 is 1.35 bits per heavy atom. The molecule has 0 aromatic rings. The predicted octanol–water partition coefficient (Wildman–Crippen LogP) is -0.245. The van der Waals surface area contributed by atoms with Gasteiger partial charge in [0.2, 0.25) is 0 Å². The molecule has 5 nitrogen and oxygen atoms in total. The second kappa shape index (κ2) is 9.96. The van der Waals surface area contributed by atoms with Gasteiger partial charge in [-0.3, -0.25) is 4.21 Å². The fourth-order valence-electron chi connectivity index (χ4n) is 1.37. The molecule has 0 fully saturated rings. The summed E-state index contributed by atoms with van der Waals surface area (Å²) in [5.74, 6) is 0.591. The van der Waals surface area contributed by atoms with Gasteiger partial charge in [-0.2, -0.15) is 0 Å². The molecule has 0 amide bonds. The molecule has 4 atom stereocenters. The lowest BCUT2D eigenvalue weighted by Crippen LogP contribution is -2.39. The van der Waals surface area contributed by atoms with Crippen LogP contribution < -0.4 is 5.32 Å². The van der Waals surface area contributed by atoms with Crippen molar-refractivity contribution < 1.29 is 18.8 Å². The maximum atomic E-state index is 11.0. The van der Waals surface area contributed by atoms with Gasteiger partial charge in [0.25, 0.3) is 0 Å². The standard InChI is InChI=1S/C11H25NO4S/c1-9(8-17(4)14)12-5-11(13)7-16-10(2)6-15-3/h9-13H,5-8H2,1-4H3. The van der Waals surface area contributed by atoms with Crippen LogP contribution in [0.4, 0.5) is 0 Å². The molecule has 0 radical (unpaired) electrons. The highest BCUT2D eigenvalue weighted by Gasteiger charge is 2.10. The molecule has 17 heavy (non-hydrogen) atoms.